The fraction of sp³-hybridized carbons (Fsp3) is 0.480. The van der Waals surface area contributed by atoms with Gasteiger partial charge in [-0.1, -0.05) is 68.7 Å². The summed E-state index contributed by atoms with van der Waals surface area (Å²) in [6, 6.07) is 18.8. The van der Waals surface area contributed by atoms with E-state index in [2.05, 4.69) is 37.4 Å². The average molecular weight is 395 g/mol. The predicted octanol–water partition coefficient (Wildman–Crippen LogP) is 5.91. The fourth-order valence-corrected chi connectivity index (χ4v) is 3.82. The number of carbonyl (C=O) groups is 1. The van der Waals surface area contributed by atoms with Gasteiger partial charge in [0.2, 0.25) is 0 Å². The van der Waals surface area contributed by atoms with Crippen LogP contribution < -0.4 is 10.1 Å². The minimum absolute atomic E-state index is 0.0573. The van der Waals surface area contributed by atoms with Gasteiger partial charge in [-0.3, -0.25) is 0 Å². The van der Waals surface area contributed by atoms with E-state index in [0.29, 0.717) is 19.2 Å². The van der Waals surface area contributed by atoms with Crippen LogP contribution in [0.5, 0.6) is 5.75 Å². The summed E-state index contributed by atoms with van der Waals surface area (Å²) in [4.78, 5) is 15.0. The summed E-state index contributed by atoms with van der Waals surface area (Å²) < 4.78 is 5.96. The van der Waals surface area contributed by atoms with E-state index >= 15 is 0 Å². The molecule has 1 atom stereocenters. The van der Waals surface area contributed by atoms with Crippen LogP contribution in [-0.4, -0.2) is 23.0 Å². The van der Waals surface area contributed by atoms with E-state index in [9.17, 15) is 4.79 Å². The van der Waals surface area contributed by atoms with Crippen molar-refractivity contribution in [3.63, 3.8) is 0 Å². The molecule has 1 aliphatic rings. The summed E-state index contributed by atoms with van der Waals surface area (Å²) in [5.41, 5.74) is 2.24. The number of urea groups is 1. The molecule has 0 heterocycles. The van der Waals surface area contributed by atoms with E-state index < -0.39 is 0 Å². The first kappa shape index (κ1) is 21.2. The fourth-order valence-electron chi connectivity index (χ4n) is 3.82. The maximum absolute atomic E-state index is 13.0. The van der Waals surface area contributed by atoms with Crippen molar-refractivity contribution in [1.82, 2.24) is 10.2 Å². The largest absolute Gasteiger partial charge is 0.489 e. The first-order valence-corrected chi connectivity index (χ1v) is 11.0. The summed E-state index contributed by atoms with van der Waals surface area (Å²) in [6.45, 7) is 5.39. The molecule has 2 aromatic carbocycles. The molecule has 0 aliphatic heterocycles. The lowest BCUT2D eigenvalue weighted by atomic mass is 9.96. The Kier molecular flexibility index (Phi) is 7.97. The molecule has 4 nitrogen and oxygen atoms in total. The molecule has 1 N–H and O–H groups in total. The van der Waals surface area contributed by atoms with Crippen LogP contribution in [-0.2, 0) is 13.2 Å². The standard InChI is InChI=1S/C25H34N2O2/c1-3-20(2)27(25(28)26-23-14-8-5-9-15-23)18-22-13-10-16-24(17-22)29-19-21-11-6-4-7-12-21/h4,6-7,10-13,16-17,20,23H,3,5,8-9,14-15,18-19H2,1-2H3,(H,26,28). The lowest BCUT2D eigenvalue weighted by molar-refractivity contribution is 0.166. The lowest BCUT2D eigenvalue weighted by Gasteiger charge is -2.32. The molecule has 1 aliphatic carbocycles. The number of hydrogen-bond donors (Lipinski definition) is 1. The molecule has 1 fully saturated rings. The van der Waals surface area contributed by atoms with Gasteiger partial charge in [-0.05, 0) is 49.4 Å². The van der Waals surface area contributed by atoms with Crippen molar-refractivity contribution < 1.29 is 9.53 Å². The van der Waals surface area contributed by atoms with Crippen molar-refractivity contribution in [3.05, 3.63) is 65.7 Å². The van der Waals surface area contributed by atoms with Crippen LogP contribution in [0.1, 0.15) is 63.5 Å². The molecule has 1 unspecified atom stereocenters. The second-order valence-corrected chi connectivity index (χ2v) is 8.09. The molecular weight excluding hydrogens is 360 g/mol. The molecule has 29 heavy (non-hydrogen) atoms. The molecule has 2 amide bonds. The highest BCUT2D eigenvalue weighted by molar-refractivity contribution is 5.75. The Morgan fingerprint density at radius 3 is 2.52 bits per heavy atom. The highest BCUT2D eigenvalue weighted by Gasteiger charge is 2.23. The van der Waals surface area contributed by atoms with E-state index in [1.54, 1.807) is 0 Å². The molecule has 4 heteroatoms. The minimum Gasteiger partial charge on any atom is -0.489 e. The van der Waals surface area contributed by atoms with Gasteiger partial charge in [-0.15, -0.1) is 0 Å². The zero-order valence-electron chi connectivity index (χ0n) is 17.8. The summed E-state index contributed by atoms with van der Waals surface area (Å²) >= 11 is 0. The highest BCUT2D eigenvalue weighted by Crippen LogP contribution is 2.20. The van der Waals surface area contributed by atoms with Gasteiger partial charge in [0.1, 0.15) is 12.4 Å². The molecule has 1 saturated carbocycles. The van der Waals surface area contributed by atoms with Crippen LogP contribution in [0.25, 0.3) is 0 Å². The van der Waals surface area contributed by atoms with Crippen molar-refractivity contribution in [2.45, 2.75) is 77.6 Å². The number of amides is 2. The monoisotopic (exact) mass is 394 g/mol. The molecule has 0 saturated heterocycles. The number of nitrogens with zero attached hydrogens (tertiary/aromatic N) is 1. The van der Waals surface area contributed by atoms with Gasteiger partial charge in [0.15, 0.2) is 0 Å². The normalized spacial score (nSPS) is 15.5. The van der Waals surface area contributed by atoms with Gasteiger partial charge in [0, 0.05) is 18.6 Å². The molecule has 0 bridgehead atoms. The maximum atomic E-state index is 13.0. The Balaban J connectivity index is 1.63. The Hall–Kier alpha value is -2.49. The third kappa shape index (κ3) is 6.52. The maximum Gasteiger partial charge on any atom is 0.318 e. The number of hydrogen-bond acceptors (Lipinski definition) is 2. The second-order valence-electron chi connectivity index (χ2n) is 8.09. The zero-order chi connectivity index (χ0) is 20.5. The van der Waals surface area contributed by atoms with Crippen LogP contribution in [0.2, 0.25) is 0 Å². The minimum atomic E-state index is 0.0573. The number of nitrogens with one attached hydrogen (secondary N) is 1. The molecule has 3 rings (SSSR count). The number of rotatable bonds is 8. The Bertz CT molecular complexity index is 756. The molecule has 2 aromatic rings. The molecule has 0 radical (unpaired) electrons. The Morgan fingerprint density at radius 1 is 1.07 bits per heavy atom. The van der Waals surface area contributed by atoms with Crippen LogP contribution in [0.3, 0.4) is 0 Å². The van der Waals surface area contributed by atoms with Gasteiger partial charge >= 0.3 is 6.03 Å². The third-order valence-electron chi connectivity index (χ3n) is 5.82. The Morgan fingerprint density at radius 2 is 1.79 bits per heavy atom. The first-order chi connectivity index (χ1) is 14.2. The lowest BCUT2D eigenvalue weighted by Crippen LogP contribution is -2.48. The van der Waals surface area contributed by atoms with Gasteiger partial charge in [0.05, 0.1) is 0 Å². The van der Waals surface area contributed by atoms with Crippen molar-refractivity contribution in [1.29, 1.82) is 0 Å². The highest BCUT2D eigenvalue weighted by atomic mass is 16.5. The van der Waals surface area contributed by atoms with Crippen molar-refractivity contribution in [2.24, 2.45) is 0 Å². The summed E-state index contributed by atoms with van der Waals surface area (Å²) in [6.07, 6.45) is 6.86. The van der Waals surface area contributed by atoms with Gasteiger partial charge in [0.25, 0.3) is 0 Å². The quantitative estimate of drug-likeness (QED) is 0.605. The van der Waals surface area contributed by atoms with E-state index in [4.69, 9.17) is 4.74 Å². The van der Waals surface area contributed by atoms with Crippen molar-refractivity contribution in [3.8, 4) is 5.75 Å². The molecule has 0 aromatic heterocycles. The smallest absolute Gasteiger partial charge is 0.318 e. The van der Waals surface area contributed by atoms with Crippen LogP contribution in [0.4, 0.5) is 4.79 Å². The van der Waals surface area contributed by atoms with Gasteiger partial charge in [-0.2, -0.15) is 0 Å². The topological polar surface area (TPSA) is 41.6 Å². The SMILES string of the molecule is CCC(C)N(Cc1cccc(OCc2ccccc2)c1)C(=O)NC1CCCCC1. The van der Waals surface area contributed by atoms with Crippen LogP contribution >= 0.6 is 0 Å². The second kappa shape index (κ2) is 10.9. The van der Waals surface area contributed by atoms with Crippen LogP contribution in [0.15, 0.2) is 54.6 Å². The number of benzene rings is 2. The van der Waals surface area contributed by atoms with E-state index in [1.807, 2.05) is 41.3 Å². The summed E-state index contributed by atoms with van der Waals surface area (Å²) in [5.74, 6) is 0.836. The average Bonchev–Trinajstić information content (AvgIpc) is 2.77. The van der Waals surface area contributed by atoms with Gasteiger partial charge in [-0.25, -0.2) is 4.79 Å². The third-order valence-corrected chi connectivity index (χ3v) is 5.82. The molecule has 0 spiro atoms. The summed E-state index contributed by atoms with van der Waals surface area (Å²) in [5, 5.41) is 3.27. The Labute approximate surface area is 175 Å². The molecular formula is C25H34N2O2. The van der Waals surface area contributed by atoms with Crippen molar-refractivity contribution in [2.75, 3.05) is 0 Å². The summed E-state index contributed by atoms with van der Waals surface area (Å²) in [7, 11) is 0. The van der Waals surface area contributed by atoms with Gasteiger partial charge < -0.3 is 15.0 Å². The van der Waals surface area contributed by atoms with Crippen molar-refractivity contribution >= 4 is 6.03 Å². The van der Waals surface area contributed by atoms with E-state index in [1.165, 1.54) is 19.3 Å². The molecule has 156 valence electrons. The van der Waals surface area contributed by atoms with E-state index in [-0.39, 0.29) is 12.1 Å². The predicted molar refractivity (Wildman–Crippen MR) is 118 cm³/mol. The number of carbonyl (C=O) groups excluding carboxylic acids is 1. The first-order valence-electron chi connectivity index (χ1n) is 11.0. The number of ether oxygens (including phenoxy) is 1. The van der Waals surface area contributed by atoms with E-state index in [0.717, 1.165) is 36.1 Å². The van der Waals surface area contributed by atoms with Crippen LogP contribution in [0, 0.1) is 0 Å². The zero-order valence-corrected chi connectivity index (χ0v) is 17.8.